The fourth-order valence-electron chi connectivity index (χ4n) is 2.04. The molecule has 0 bridgehead atoms. The highest BCUT2D eigenvalue weighted by molar-refractivity contribution is 6.30. The van der Waals surface area contributed by atoms with Crippen LogP contribution >= 0.6 is 11.6 Å². The molecule has 1 amide bonds. The Labute approximate surface area is 136 Å². The number of nitrogens with one attached hydrogen (secondary N) is 1. The van der Waals surface area contributed by atoms with Gasteiger partial charge in [0.25, 0.3) is 5.91 Å². The Morgan fingerprint density at radius 2 is 1.95 bits per heavy atom. The minimum Gasteiger partial charge on any atom is -0.481 e. The molecule has 0 spiro atoms. The van der Waals surface area contributed by atoms with E-state index in [2.05, 4.69) is 5.32 Å². The fraction of sp³-hybridized carbons (Fsp3) is 0.278. The molecule has 1 unspecified atom stereocenters. The van der Waals surface area contributed by atoms with Gasteiger partial charge in [0.1, 0.15) is 5.75 Å². The van der Waals surface area contributed by atoms with Crippen LogP contribution in [0.1, 0.15) is 18.1 Å². The Balaban J connectivity index is 1.77. The Bertz CT molecular complexity index is 625. The van der Waals surface area contributed by atoms with Gasteiger partial charge in [0.05, 0.1) is 0 Å². The van der Waals surface area contributed by atoms with Gasteiger partial charge in [-0.1, -0.05) is 41.4 Å². The van der Waals surface area contributed by atoms with Crippen molar-refractivity contribution in [1.82, 2.24) is 5.32 Å². The number of hydrogen-bond acceptors (Lipinski definition) is 2. The van der Waals surface area contributed by atoms with Crippen molar-refractivity contribution in [3.05, 3.63) is 64.7 Å². The van der Waals surface area contributed by atoms with Crippen LogP contribution in [0.5, 0.6) is 5.75 Å². The molecule has 0 aliphatic carbocycles. The highest BCUT2D eigenvalue weighted by Crippen LogP contribution is 2.13. The lowest BCUT2D eigenvalue weighted by atomic mass is 10.1. The van der Waals surface area contributed by atoms with E-state index < -0.39 is 6.10 Å². The molecule has 22 heavy (non-hydrogen) atoms. The van der Waals surface area contributed by atoms with E-state index in [0.717, 1.165) is 17.5 Å². The van der Waals surface area contributed by atoms with Gasteiger partial charge in [-0.05, 0) is 50.1 Å². The van der Waals surface area contributed by atoms with Gasteiger partial charge in [0.15, 0.2) is 6.10 Å². The van der Waals surface area contributed by atoms with Gasteiger partial charge in [-0.15, -0.1) is 0 Å². The quantitative estimate of drug-likeness (QED) is 0.880. The van der Waals surface area contributed by atoms with Gasteiger partial charge in [0.2, 0.25) is 0 Å². The van der Waals surface area contributed by atoms with Crippen molar-refractivity contribution in [1.29, 1.82) is 0 Å². The number of benzene rings is 2. The molecule has 3 nitrogen and oxygen atoms in total. The van der Waals surface area contributed by atoms with Crippen LogP contribution < -0.4 is 10.1 Å². The molecular weight excluding hydrogens is 298 g/mol. The summed E-state index contributed by atoms with van der Waals surface area (Å²) in [6.45, 7) is 4.31. The summed E-state index contributed by atoms with van der Waals surface area (Å²) in [6, 6.07) is 15.3. The maximum atomic E-state index is 12.0. The van der Waals surface area contributed by atoms with Gasteiger partial charge >= 0.3 is 0 Å². The van der Waals surface area contributed by atoms with Crippen molar-refractivity contribution in [2.24, 2.45) is 0 Å². The first-order valence-corrected chi connectivity index (χ1v) is 7.68. The zero-order valence-electron chi connectivity index (χ0n) is 12.8. The lowest BCUT2D eigenvalue weighted by Crippen LogP contribution is -2.37. The molecule has 0 aliphatic rings. The van der Waals surface area contributed by atoms with Crippen LogP contribution in [0.15, 0.2) is 48.5 Å². The molecule has 0 saturated carbocycles. The molecule has 2 aromatic carbocycles. The van der Waals surface area contributed by atoms with Gasteiger partial charge in [0, 0.05) is 11.6 Å². The summed E-state index contributed by atoms with van der Waals surface area (Å²) in [6.07, 6.45) is 0.214. The average Bonchev–Trinajstić information content (AvgIpc) is 2.49. The third kappa shape index (κ3) is 5.08. The predicted octanol–water partition coefficient (Wildman–Crippen LogP) is 3.77. The standard InChI is InChI=1S/C18H20ClNO2/c1-13-6-8-17(9-7-13)22-14(2)18(21)20-11-10-15-4-3-5-16(19)12-15/h3-9,12,14H,10-11H2,1-2H3,(H,20,21). The highest BCUT2D eigenvalue weighted by atomic mass is 35.5. The summed E-state index contributed by atoms with van der Waals surface area (Å²) in [5, 5.41) is 3.58. The van der Waals surface area contributed by atoms with Crippen LogP contribution in [0.3, 0.4) is 0 Å². The molecule has 1 atom stereocenters. The van der Waals surface area contributed by atoms with Crippen LogP contribution in [-0.2, 0) is 11.2 Å². The first-order chi connectivity index (χ1) is 10.5. The second kappa shape index (κ2) is 7.85. The summed E-state index contributed by atoms with van der Waals surface area (Å²) in [5.41, 5.74) is 2.26. The minimum absolute atomic E-state index is 0.123. The second-order valence-electron chi connectivity index (χ2n) is 5.24. The Morgan fingerprint density at radius 3 is 2.64 bits per heavy atom. The van der Waals surface area contributed by atoms with Crippen molar-refractivity contribution >= 4 is 17.5 Å². The van der Waals surface area contributed by atoms with Crippen molar-refractivity contribution < 1.29 is 9.53 Å². The smallest absolute Gasteiger partial charge is 0.260 e. The minimum atomic E-state index is -0.526. The van der Waals surface area contributed by atoms with Gasteiger partial charge < -0.3 is 10.1 Å². The first-order valence-electron chi connectivity index (χ1n) is 7.30. The number of hydrogen-bond donors (Lipinski definition) is 1. The summed E-state index contributed by atoms with van der Waals surface area (Å²) in [7, 11) is 0. The summed E-state index contributed by atoms with van der Waals surface area (Å²) in [5.74, 6) is 0.575. The van der Waals surface area contributed by atoms with Gasteiger partial charge in [-0.3, -0.25) is 4.79 Å². The van der Waals surface area contributed by atoms with E-state index in [-0.39, 0.29) is 5.91 Å². The number of ether oxygens (including phenoxy) is 1. The van der Waals surface area contributed by atoms with E-state index in [1.165, 1.54) is 0 Å². The van der Waals surface area contributed by atoms with E-state index in [4.69, 9.17) is 16.3 Å². The lowest BCUT2D eigenvalue weighted by Gasteiger charge is -2.15. The molecule has 116 valence electrons. The summed E-state index contributed by atoms with van der Waals surface area (Å²) < 4.78 is 5.62. The highest BCUT2D eigenvalue weighted by Gasteiger charge is 2.13. The zero-order chi connectivity index (χ0) is 15.9. The van der Waals surface area contributed by atoms with E-state index >= 15 is 0 Å². The van der Waals surface area contributed by atoms with Crippen molar-refractivity contribution in [2.75, 3.05) is 6.54 Å². The third-order valence-electron chi connectivity index (χ3n) is 3.31. The van der Waals surface area contributed by atoms with Gasteiger partial charge in [-0.25, -0.2) is 0 Å². The van der Waals surface area contributed by atoms with Crippen LogP contribution in [0.4, 0.5) is 0 Å². The number of halogens is 1. The van der Waals surface area contributed by atoms with Crippen molar-refractivity contribution in [3.8, 4) is 5.75 Å². The maximum absolute atomic E-state index is 12.0. The molecule has 1 N–H and O–H groups in total. The molecule has 0 radical (unpaired) electrons. The third-order valence-corrected chi connectivity index (χ3v) is 3.54. The van der Waals surface area contributed by atoms with E-state index in [9.17, 15) is 4.79 Å². The number of carbonyl (C=O) groups excluding carboxylic acids is 1. The molecule has 0 heterocycles. The van der Waals surface area contributed by atoms with E-state index in [1.807, 2.05) is 55.5 Å². The molecule has 2 aromatic rings. The average molecular weight is 318 g/mol. The Hall–Kier alpha value is -2.00. The second-order valence-corrected chi connectivity index (χ2v) is 5.68. The van der Waals surface area contributed by atoms with Crippen LogP contribution in [-0.4, -0.2) is 18.6 Å². The molecule has 4 heteroatoms. The van der Waals surface area contributed by atoms with E-state index in [1.54, 1.807) is 6.92 Å². The molecule has 0 saturated heterocycles. The van der Waals surface area contributed by atoms with Crippen LogP contribution in [0.2, 0.25) is 5.02 Å². The number of carbonyl (C=O) groups is 1. The van der Waals surface area contributed by atoms with Gasteiger partial charge in [-0.2, -0.15) is 0 Å². The van der Waals surface area contributed by atoms with Crippen molar-refractivity contribution in [2.45, 2.75) is 26.4 Å². The number of amides is 1. The summed E-state index contributed by atoms with van der Waals surface area (Å²) in [4.78, 5) is 12.0. The van der Waals surface area contributed by atoms with E-state index in [0.29, 0.717) is 17.3 Å². The zero-order valence-corrected chi connectivity index (χ0v) is 13.6. The fourth-order valence-corrected chi connectivity index (χ4v) is 2.25. The molecule has 0 aliphatic heterocycles. The Morgan fingerprint density at radius 1 is 1.23 bits per heavy atom. The number of aryl methyl sites for hydroxylation is 1. The molecular formula is C18H20ClNO2. The van der Waals surface area contributed by atoms with Crippen molar-refractivity contribution in [3.63, 3.8) is 0 Å². The first kappa shape index (κ1) is 16.4. The molecule has 2 rings (SSSR count). The Kier molecular flexibility index (Phi) is 5.84. The normalized spacial score (nSPS) is 11.8. The number of rotatable bonds is 6. The monoisotopic (exact) mass is 317 g/mol. The molecule has 0 aromatic heterocycles. The maximum Gasteiger partial charge on any atom is 0.260 e. The summed E-state index contributed by atoms with van der Waals surface area (Å²) >= 11 is 5.93. The molecule has 0 fully saturated rings. The predicted molar refractivity (Wildman–Crippen MR) is 89.4 cm³/mol. The topological polar surface area (TPSA) is 38.3 Å². The van der Waals surface area contributed by atoms with Crippen LogP contribution in [0.25, 0.3) is 0 Å². The largest absolute Gasteiger partial charge is 0.481 e. The lowest BCUT2D eigenvalue weighted by molar-refractivity contribution is -0.127. The van der Waals surface area contributed by atoms with Crippen LogP contribution in [0, 0.1) is 6.92 Å². The SMILES string of the molecule is Cc1ccc(OC(C)C(=O)NCCc2cccc(Cl)c2)cc1.